The van der Waals surface area contributed by atoms with Crippen LogP contribution in [-0.2, 0) is 9.53 Å². The molecule has 0 amide bonds. The van der Waals surface area contributed by atoms with E-state index in [0.717, 1.165) is 37.2 Å². The minimum absolute atomic E-state index is 0.0259. The molecule has 6 atom stereocenters. The van der Waals surface area contributed by atoms with Gasteiger partial charge in [0.25, 0.3) is 0 Å². The smallest absolute Gasteiger partial charge is 0.302 e. The molecular formula is C29H46O3. The molecule has 0 aromatic carbocycles. The van der Waals surface area contributed by atoms with Gasteiger partial charge in [-0.3, -0.25) is 4.79 Å². The van der Waals surface area contributed by atoms with E-state index in [1.165, 1.54) is 50.2 Å². The van der Waals surface area contributed by atoms with E-state index < -0.39 is 0 Å². The number of allylic oxidation sites excluding steroid dienone is 3. The molecule has 0 bridgehead atoms. The lowest BCUT2D eigenvalue weighted by Crippen LogP contribution is -2.42. The van der Waals surface area contributed by atoms with Gasteiger partial charge in [0.2, 0.25) is 0 Å². The first-order valence-electron chi connectivity index (χ1n) is 13.0. The summed E-state index contributed by atoms with van der Waals surface area (Å²) in [4.78, 5) is 11.8. The van der Waals surface area contributed by atoms with Gasteiger partial charge in [0.1, 0.15) is 6.10 Å². The lowest BCUT2D eigenvalue weighted by atomic mass is 9.60. The predicted molar refractivity (Wildman–Crippen MR) is 132 cm³/mol. The Kier molecular flexibility index (Phi) is 8.47. The molecule has 3 heteroatoms. The van der Waals surface area contributed by atoms with Crippen molar-refractivity contribution in [2.75, 3.05) is 0 Å². The van der Waals surface area contributed by atoms with Crippen LogP contribution in [0.2, 0.25) is 0 Å². The molecule has 3 aliphatic rings. The Hall–Kier alpha value is -1.35. The monoisotopic (exact) mass is 442 g/mol. The standard InChI is InChI=1S/C29H46O3/c1-19(2)8-7-9-21(4)27-14-15-28-24(12-11-23-16-25(31)13-10-20(23)3)17-26(32-22(5)30)18-29(27,28)6/h11-12,19,21,25-28,31H,3,7-10,13-18H2,1-2,4-6H3/b23-11-,24-12+/t21-,25+,26?,27-,28+,29-/m1/s1. The van der Waals surface area contributed by atoms with Gasteiger partial charge in [-0.15, -0.1) is 0 Å². The molecule has 0 saturated heterocycles. The van der Waals surface area contributed by atoms with Gasteiger partial charge in [0.05, 0.1) is 6.10 Å². The van der Waals surface area contributed by atoms with E-state index in [9.17, 15) is 9.90 Å². The number of aliphatic hydroxyl groups excluding tert-OH is 1. The summed E-state index contributed by atoms with van der Waals surface area (Å²) in [6.45, 7) is 15.3. The van der Waals surface area contributed by atoms with Crippen LogP contribution in [0.1, 0.15) is 98.8 Å². The van der Waals surface area contributed by atoms with Crippen molar-refractivity contribution in [3.05, 3.63) is 35.5 Å². The first-order valence-corrected chi connectivity index (χ1v) is 13.0. The SMILES string of the molecule is C=C1CC[C@H](O)C/C1=C/C=C1\CC(OC(C)=O)C[C@]2(C)[C@@H]([C@H](C)CCCC(C)C)CC[C@@H]12. The zero-order valence-electron chi connectivity index (χ0n) is 21.2. The number of ether oxygens (including phenoxy) is 1. The molecule has 1 N–H and O–H groups in total. The Labute approximate surface area is 196 Å². The maximum Gasteiger partial charge on any atom is 0.302 e. The van der Waals surface area contributed by atoms with Crippen molar-refractivity contribution in [3.8, 4) is 0 Å². The van der Waals surface area contributed by atoms with Gasteiger partial charge in [0.15, 0.2) is 0 Å². The number of carbonyl (C=O) groups is 1. The average molecular weight is 443 g/mol. The van der Waals surface area contributed by atoms with Crippen LogP contribution >= 0.6 is 0 Å². The quantitative estimate of drug-likeness (QED) is 0.425. The topological polar surface area (TPSA) is 46.5 Å². The summed E-state index contributed by atoms with van der Waals surface area (Å²) >= 11 is 0. The second-order valence-corrected chi connectivity index (χ2v) is 11.6. The van der Waals surface area contributed by atoms with E-state index >= 15 is 0 Å². The summed E-state index contributed by atoms with van der Waals surface area (Å²) < 4.78 is 5.81. The fourth-order valence-electron chi connectivity index (χ4n) is 7.02. The van der Waals surface area contributed by atoms with Gasteiger partial charge < -0.3 is 9.84 Å². The van der Waals surface area contributed by atoms with Gasteiger partial charge in [0, 0.05) is 13.3 Å². The Morgan fingerprint density at radius 2 is 1.94 bits per heavy atom. The fraction of sp³-hybridized carbons (Fsp3) is 0.759. The number of hydrogen-bond donors (Lipinski definition) is 1. The number of hydrogen-bond acceptors (Lipinski definition) is 3. The maximum atomic E-state index is 11.8. The predicted octanol–water partition coefficient (Wildman–Crippen LogP) is 7.16. The number of aliphatic hydroxyl groups is 1. The van der Waals surface area contributed by atoms with Gasteiger partial charge >= 0.3 is 5.97 Å². The van der Waals surface area contributed by atoms with Gasteiger partial charge in [-0.1, -0.05) is 76.8 Å². The van der Waals surface area contributed by atoms with Crippen molar-refractivity contribution >= 4 is 5.97 Å². The van der Waals surface area contributed by atoms with E-state index in [2.05, 4.69) is 46.4 Å². The van der Waals surface area contributed by atoms with Crippen LogP contribution in [0.4, 0.5) is 0 Å². The molecular weight excluding hydrogens is 396 g/mol. The summed E-state index contributed by atoms with van der Waals surface area (Å²) in [6, 6.07) is 0. The largest absolute Gasteiger partial charge is 0.462 e. The Bertz CT molecular complexity index is 746. The summed E-state index contributed by atoms with van der Waals surface area (Å²) in [5.41, 5.74) is 3.96. The average Bonchev–Trinajstić information content (AvgIpc) is 3.04. The number of rotatable bonds is 7. The molecule has 0 spiro atoms. The Balaban J connectivity index is 1.82. The minimum atomic E-state index is -0.252. The third-order valence-corrected chi connectivity index (χ3v) is 8.64. The van der Waals surface area contributed by atoms with Crippen molar-refractivity contribution in [1.29, 1.82) is 0 Å². The van der Waals surface area contributed by atoms with Crippen LogP contribution < -0.4 is 0 Å². The highest BCUT2D eigenvalue weighted by Crippen LogP contribution is 2.60. The molecule has 3 fully saturated rings. The number of fused-ring (bicyclic) bond motifs is 1. The molecule has 180 valence electrons. The normalized spacial score (nSPS) is 36.5. The van der Waals surface area contributed by atoms with Gasteiger partial charge in [-0.2, -0.15) is 0 Å². The Morgan fingerprint density at radius 3 is 2.62 bits per heavy atom. The molecule has 1 unspecified atom stereocenters. The minimum Gasteiger partial charge on any atom is -0.462 e. The van der Waals surface area contributed by atoms with E-state index in [1.54, 1.807) is 0 Å². The zero-order valence-corrected chi connectivity index (χ0v) is 21.2. The van der Waals surface area contributed by atoms with Crippen molar-refractivity contribution < 1.29 is 14.6 Å². The van der Waals surface area contributed by atoms with E-state index in [4.69, 9.17) is 4.74 Å². The highest BCUT2D eigenvalue weighted by molar-refractivity contribution is 5.66. The lowest BCUT2D eigenvalue weighted by Gasteiger charge is -2.47. The second-order valence-electron chi connectivity index (χ2n) is 11.6. The van der Waals surface area contributed by atoms with E-state index in [-0.39, 0.29) is 23.6 Å². The van der Waals surface area contributed by atoms with Crippen LogP contribution in [0.25, 0.3) is 0 Å². The molecule has 0 heterocycles. The zero-order chi connectivity index (χ0) is 23.5. The molecule has 3 rings (SSSR count). The summed E-state index contributed by atoms with van der Waals surface area (Å²) in [7, 11) is 0. The lowest BCUT2D eigenvalue weighted by molar-refractivity contribution is -0.150. The van der Waals surface area contributed by atoms with Crippen molar-refractivity contribution in [2.45, 2.75) is 111 Å². The second kappa shape index (κ2) is 10.7. The first kappa shape index (κ1) is 25.3. The van der Waals surface area contributed by atoms with Gasteiger partial charge in [-0.05, 0) is 73.2 Å². The number of carbonyl (C=O) groups excluding carboxylic acids is 1. The first-order chi connectivity index (χ1) is 15.1. The van der Waals surface area contributed by atoms with Crippen LogP contribution in [0.3, 0.4) is 0 Å². The van der Waals surface area contributed by atoms with Crippen LogP contribution in [0.5, 0.6) is 0 Å². The third-order valence-electron chi connectivity index (χ3n) is 8.64. The van der Waals surface area contributed by atoms with Gasteiger partial charge in [-0.25, -0.2) is 0 Å². The van der Waals surface area contributed by atoms with Crippen molar-refractivity contribution in [2.24, 2.45) is 29.1 Å². The molecule has 0 aromatic heterocycles. The van der Waals surface area contributed by atoms with Crippen LogP contribution in [0, 0.1) is 29.1 Å². The summed E-state index contributed by atoms with van der Waals surface area (Å²) in [6.07, 6.45) is 14.9. The molecule has 3 aliphatic carbocycles. The van der Waals surface area contributed by atoms with Crippen molar-refractivity contribution in [1.82, 2.24) is 0 Å². The highest BCUT2D eigenvalue weighted by atomic mass is 16.5. The van der Waals surface area contributed by atoms with Crippen LogP contribution in [-0.4, -0.2) is 23.3 Å². The van der Waals surface area contributed by atoms with E-state index in [1.807, 2.05) is 0 Å². The van der Waals surface area contributed by atoms with Crippen molar-refractivity contribution in [3.63, 3.8) is 0 Å². The summed E-state index contributed by atoms with van der Waals surface area (Å²) in [5, 5.41) is 10.1. The molecule has 0 aromatic rings. The Morgan fingerprint density at radius 1 is 1.19 bits per heavy atom. The number of esters is 1. The highest BCUT2D eigenvalue weighted by Gasteiger charge is 2.53. The van der Waals surface area contributed by atoms with E-state index in [0.29, 0.717) is 24.2 Å². The third kappa shape index (κ3) is 5.95. The maximum absolute atomic E-state index is 11.8. The molecule has 0 aliphatic heterocycles. The summed E-state index contributed by atoms with van der Waals surface area (Å²) in [5.74, 6) is 2.55. The van der Waals surface area contributed by atoms with Crippen LogP contribution in [0.15, 0.2) is 35.5 Å². The fourth-order valence-corrected chi connectivity index (χ4v) is 7.02. The molecule has 3 saturated carbocycles. The molecule has 3 nitrogen and oxygen atoms in total. The molecule has 0 radical (unpaired) electrons. The molecule has 32 heavy (non-hydrogen) atoms.